The first-order valence-electron chi connectivity index (χ1n) is 6.22. The average molecular weight is 267 g/mol. The van der Waals surface area contributed by atoms with E-state index in [4.69, 9.17) is 4.74 Å². The van der Waals surface area contributed by atoms with E-state index < -0.39 is 5.82 Å². The van der Waals surface area contributed by atoms with E-state index in [9.17, 15) is 4.39 Å². The van der Waals surface area contributed by atoms with Crippen molar-refractivity contribution >= 4 is 0 Å². The van der Waals surface area contributed by atoms with Crippen molar-refractivity contribution in [2.75, 3.05) is 0 Å². The maximum absolute atomic E-state index is 14.0. The quantitative estimate of drug-likeness (QED) is 0.680. The van der Waals surface area contributed by atoms with Gasteiger partial charge in [-0.25, -0.2) is 9.37 Å². The van der Waals surface area contributed by atoms with E-state index in [0.717, 1.165) is 11.3 Å². The molecule has 4 rings (SSSR count). The number of pyridine rings is 1. The molecule has 20 heavy (non-hydrogen) atoms. The van der Waals surface area contributed by atoms with Crippen molar-refractivity contribution in [3.05, 3.63) is 54.7 Å². The molecule has 3 aromatic rings. The zero-order valence-corrected chi connectivity index (χ0v) is 10.5. The number of imidazole rings is 1. The first-order chi connectivity index (χ1) is 9.84. The van der Waals surface area contributed by atoms with Gasteiger partial charge in [-0.3, -0.25) is 9.55 Å². The lowest BCUT2D eigenvalue weighted by molar-refractivity contribution is 0.229. The third kappa shape index (κ3) is 1.53. The number of aromatic nitrogens is 3. The molecule has 0 spiro atoms. The third-order valence-corrected chi connectivity index (χ3v) is 3.36. The SMILES string of the molecule is Fc1cncc2c1-c1ncc(-c3ccccc3)n1CO2. The lowest BCUT2D eigenvalue weighted by Gasteiger charge is -2.20. The van der Waals surface area contributed by atoms with Crippen molar-refractivity contribution in [2.24, 2.45) is 0 Å². The fraction of sp³-hybridized carbons (Fsp3) is 0.0667. The van der Waals surface area contributed by atoms with Gasteiger partial charge in [-0.1, -0.05) is 30.3 Å². The summed E-state index contributed by atoms with van der Waals surface area (Å²) in [5.41, 5.74) is 2.30. The Labute approximate surface area is 114 Å². The molecule has 0 saturated carbocycles. The molecule has 0 fully saturated rings. The number of halogens is 1. The number of ether oxygens (including phenoxy) is 1. The highest BCUT2D eigenvalue weighted by Crippen LogP contribution is 2.37. The largest absolute Gasteiger partial charge is 0.470 e. The minimum absolute atomic E-state index is 0.303. The molecule has 0 radical (unpaired) electrons. The smallest absolute Gasteiger partial charge is 0.167 e. The molecule has 0 aliphatic carbocycles. The van der Waals surface area contributed by atoms with Crippen LogP contribution < -0.4 is 4.74 Å². The Morgan fingerprint density at radius 1 is 1.10 bits per heavy atom. The Hall–Kier alpha value is -2.69. The Bertz CT molecular complexity index is 783. The lowest BCUT2D eigenvalue weighted by atomic mass is 10.1. The van der Waals surface area contributed by atoms with Gasteiger partial charge < -0.3 is 4.74 Å². The van der Waals surface area contributed by atoms with Gasteiger partial charge in [-0.05, 0) is 5.56 Å². The molecule has 0 saturated heterocycles. The summed E-state index contributed by atoms with van der Waals surface area (Å²) in [5.74, 6) is 0.585. The Morgan fingerprint density at radius 3 is 2.80 bits per heavy atom. The molecule has 0 N–H and O–H groups in total. The molecule has 2 aromatic heterocycles. The summed E-state index contributed by atoms with van der Waals surface area (Å²) >= 11 is 0. The van der Waals surface area contributed by atoms with Gasteiger partial charge in [0.25, 0.3) is 0 Å². The summed E-state index contributed by atoms with van der Waals surface area (Å²) in [6.07, 6.45) is 4.43. The van der Waals surface area contributed by atoms with Crippen molar-refractivity contribution in [2.45, 2.75) is 6.73 Å². The van der Waals surface area contributed by atoms with Crippen LogP contribution in [0, 0.1) is 5.82 Å². The number of rotatable bonds is 1. The molecule has 1 aromatic carbocycles. The van der Waals surface area contributed by atoms with Crippen LogP contribution in [0.2, 0.25) is 0 Å². The number of fused-ring (bicyclic) bond motifs is 3. The van der Waals surface area contributed by atoms with Crippen LogP contribution in [-0.4, -0.2) is 14.5 Å². The second kappa shape index (κ2) is 4.16. The summed E-state index contributed by atoms with van der Waals surface area (Å²) in [6, 6.07) is 9.84. The molecule has 0 amide bonds. The topological polar surface area (TPSA) is 39.9 Å². The second-order valence-corrected chi connectivity index (χ2v) is 4.53. The number of hydrogen-bond donors (Lipinski definition) is 0. The molecule has 0 atom stereocenters. The van der Waals surface area contributed by atoms with Crippen molar-refractivity contribution in [3.63, 3.8) is 0 Å². The van der Waals surface area contributed by atoms with E-state index in [1.165, 1.54) is 12.4 Å². The Morgan fingerprint density at radius 2 is 1.95 bits per heavy atom. The monoisotopic (exact) mass is 267 g/mol. The highest BCUT2D eigenvalue weighted by Gasteiger charge is 2.25. The Kier molecular flexibility index (Phi) is 2.32. The molecule has 4 nitrogen and oxygen atoms in total. The highest BCUT2D eigenvalue weighted by molar-refractivity contribution is 5.70. The van der Waals surface area contributed by atoms with Crippen LogP contribution in [0.5, 0.6) is 5.75 Å². The fourth-order valence-electron chi connectivity index (χ4n) is 2.42. The standard InChI is InChI=1S/C15H10FN3O/c16-11-6-17-8-13-14(11)15-18-7-12(19(15)9-20-13)10-4-2-1-3-5-10/h1-8H,9H2. The first kappa shape index (κ1) is 11.2. The van der Waals surface area contributed by atoms with Crippen LogP contribution >= 0.6 is 0 Å². The first-order valence-corrected chi connectivity index (χ1v) is 6.22. The number of benzene rings is 1. The molecule has 1 aliphatic rings. The molecule has 0 bridgehead atoms. The van der Waals surface area contributed by atoms with Crippen molar-refractivity contribution in [3.8, 4) is 28.4 Å². The maximum atomic E-state index is 14.0. The van der Waals surface area contributed by atoms with Crippen LogP contribution in [0.1, 0.15) is 0 Å². The normalized spacial score (nSPS) is 12.4. The zero-order valence-electron chi connectivity index (χ0n) is 10.5. The third-order valence-electron chi connectivity index (χ3n) is 3.36. The van der Waals surface area contributed by atoms with Gasteiger partial charge in [0.05, 0.1) is 29.8 Å². The maximum Gasteiger partial charge on any atom is 0.167 e. The van der Waals surface area contributed by atoms with Crippen molar-refractivity contribution in [1.82, 2.24) is 14.5 Å². The number of nitrogens with zero attached hydrogens (tertiary/aromatic N) is 3. The molecule has 98 valence electrons. The van der Waals surface area contributed by atoms with Gasteiger partial charge in [0.2, 0.25) is 0 Å². The molecule has 0 unspecified atom stereocenters. The van der Waals surface area contributed by atoms with E-state index in [2.05, 4.69) is 9.97 Å². The minimum atomic E-state index is -0.423. The fourth-order valence-corrected chi connectivity index (χ4v) is 2.42. The van der Waals surface area contributed by atoms with Crippen LogP contribution in [0.3, 0.4) is 0 Å². The summed E-state index contributed by atoms with van der Waals surface area (Å²) in [5, 5.41) is 0. The minimum Gasteiger partial charge on any atom is -0.470 e. The van der Waals surface area contributed by atoms with Gasteiger partial charge in [-0.2, -0.15) is 0 Å². The van der Waals surface area contributed by atoms with Gasteiger partial charge in [0.15, 0.2) is 18.3 Å². The Balaban J connectivity index is 1.93. The average Bonchev–Trinajstić information content (AvgIpc) is 2.92. The molecule has 1 aliphatic heterocycles. The van der Waals surface area contributed by atoms with Gasteiger partial charge >= 0.3 is 0 Å². The van der Waals surface area contributed by atoms with Crippen LogP contribution in [0.4, 0.5) is 4.39 Å². The summed E-state index contributed by atoms with van der Waals surface area (Å²) < 4.78 is 21.4. The summed E-state index contributed by atoms with van der Waals surface area (Å²) in [4.78, 5) is 8.15. The summed E-state index contributed by atoms with van der Waals surface area (Å²) in [7, 11) is 0. The van der Waals surface area contributed by atoms with Gasteiger partial charge in [0.1, 0.15) is 5.82 Å². The zero-order chi connectivity index (χ0) is 13.5. The van der Waals surface area contributed by atoms with E-state index in [-0.39, 0.29) is 0 Å². The van der Waals surface area contributed by atoms with Crippen LogP contribution in [0.15, 0.2) is 48.9 Å². The van der Waals surface area contributed by atoms with Crippen LogP contribution in [-0.2, 0) is 6.73 Å². The second-order valence-electron chi connectivity index (χ2n) is 4.53. The van der Waals surface area contributed by atoms with E-state index in [1.807, 2.05) is 34.9 Å². The van der Waals surface area contributed by atoms with E-state index in [1.54, 1.807) is 6.20 Å². The highest BCUT2D eigenvalue weighted by atomic mass is 19.1. The number of hydrogen-bond acceptors (Lipinski definition) is 3. The predicted octanol–water partition coefficient (Wildman–Crippen LogP) is 3.10. The van der Waals surface area contributed by atoms with Gasteiger partial charge in [-0.15, -0.1) is 0 Å². The van der Waals surface area contributed by atoms with Crippen molar-refractivity contribution in [1.29, 1.82) is 0 Å². The molecule has 5 heteroatoms. The lowest BCUT2D eigenvalue weighted by Crippen LogP contribution is -2.15. The molecular formula is C15H10FN3O. The van der Waals surface area contributed by atoms with E-state index >= 15 is 0 Å². The molecule has 3 heterocycles. The molecular weight excluding hydrogens is 257 g/mol. The predicted molar refractivity (Wildman–Crippen MR) is 71.5 cm³/mol. The van der Waals surface area contributed by atoms with Crippen LogP contribution in [0.25, 0.3) is 22.6 Å². The summed E-state index contributed by atoms with van der Waals surface area (Å²) in [6.45, 7) is 0.303. The van der Waals surface area contributed by atoms with Crippen molar-refractivity contribution < 1.29 is 9.13 Å². The van der Waals surface area contributed by atoms with E-state index in [0.29, 0.717) is 23.9 Å². The van der Waals surface area contributed by atoms with Gasteiger partial charge in [0, 0.05) is 0 Å².